The Morgan fingerprint density at radius 2 is 1.90 bits per heavy atom. The lowest BCUT2D eigenvalue weighted by molar-refractivity contribution is -0.137. The first-order valence-corrected chi connectivity index (χ1v) is 9.16. The van der Waals surface area contributed by atoms with Crippen LogP contribution in [0.25, 0.3) is 0 Å². The van der Waals surface area contributed by atoms with Crippen molar-refractivity contribution in [2.24, 2.45) is 5.92 Å². The molecule has 0 saturated carbocycles. The molecule has 1 aliphatic heterocycles. The number of carbonyl (C=O) groups excluding carboxylic acids is 3. The summed E-state index contributed by atoms with van der Waals surface area (Å²) in [5.41, 5.74) is -1.31. The minimum absolute atomic E-state index is 0.139. The van der Waals surface area contributed by atoms with Gasteiger partial charge in [0.05, 0.1) is 12.1 Å². The van der Waals surface area contributed by atoms with Crippen LogP contribution in [0.15, 0.2) is 18.2 Å². The highest BCUT2D eigenvalue weighted by atomic mass is 19.4. The number of carbonyl (C=O) groups is 3. The Bertz CT molecular complexity index is 780. The molecule has 1 aromatic rings. The third-order valence-electron chi connectivity index (χ3n) is 4.49. The number of rotatable bonds is 6. The van der Waals surface area contributed by atoms with E-state index < -0.39 is 29.5 Å². The molecule has 10 heteroatoms. The highest BCUT2D eigenvalue weighted by molar-refractivity contribution is 5.98. The van der Waals surface area contributed by atoms with Crippen LogP contribution >= 0.6 is 0 Å². The molecular formula is C19H25F3N4O3. The van der Waals surface area contributed by atoms with Crippen molar-refractivity contribution >= 4 is 23.4 Å². The first-order chi connectivity index (χ1) is 13.5. The van der Waals surface area contributed by atoms with Gasteiger partial charge in [-0.2, -0.15) is 13.2 Å². The number of nitrogens with one attached hydrogen (secondary N) is 2. The van der Waals surface area contributed by atoms with Crippen molar-refractivity contribution in [2.45, 2.75) is 19.5 Å². The van der Waals surface area contributed by atoms with Crippen LogP contribution in [0.1, 0.15) is 29.3 Å². The summed E-state index contributed by atoms with van der Waals surface area (Å²) < 4.78 is 39.9. The lowest BCUT2D eigenvalue weighted by Crippen LogP contribution is -2.32. The molecule has 1 aliphatic rings. The summed E-state index contributed by atoms with van der Waals surface area (Å²) in [5, 5.41) is 4.56. The molecule has 160 valence electrons. The van der Waals surface area contributed by atoms with Gasteiger partial charge in [0.1, 0.15) is 0 Å². The Balaban J connectivity index is 2.21. The van der Waals surface area contributed by atoms with Crippen molar-refractivity contribution in [3.8, 4) is 0 Å². The first-order valence-electron chi connectivity index (χ1n) is 9.16. The SMILES string of the molecule is CC(=O)NCC(=O)Nc1cc(C(=O)N2CCC(CN(C)C)C2)cc(C(F)(F)F)c1. The third kappa shape index (κ3) is 6.74. The second kappa shape index (κ2) is 9.25. The van der Waals surface area contributed by atoms with Crippen molar-refractivity contribution in [1.29, 1.82) is 0 Å². The molecule has 1 atom stereocenters. The summed E-state index contributed by atoms with van der Waals surface area (Å²) in [6.45, 7) is 2.56. The standard InChI is InChI=1S/C19H25F3N4O3/c1-12(27)23-9-17(28)24-16-7-14(6-15(8-16)19(20,21)22)18(29)26-5-4-13(11-26)10-25(2)3/h6-8,13H,4-5,9-11H2,1-3H3,(H,23,27)(H,24,28). The zero-order chi connectivity index (χ0) is 21.8. The van der Waals surface area contributed by atoms with Crippen molar-refractivity contribution in [3.05, 3.63) is 29.3 Å². The van der Waals surface area contributed by atoms with Crippen molar-refractivity contribution < 1.29 is 27.6 Å². The van der Waals surface area contributed by atoms with Crippen LogP contribution in [0.2, 0.25) is 0 Å². The second-order valence-electron chi connectivity index (χ2n) is 7.42. The van der Waals surface area contributed by atoms with Gasteiger partial charge in [-0.1, -0.05) is 0 Å². The number of alkyl halides is 3. The molecule has 0 spiro atoms. The number of benzene rings is 1. The molecule has 3 amide bonds. The average Bonchev–Trinajstić information content (AvgIpc) is 3.06. The van der Waals surface area contributed by atoms with Gasteiger partial charge in [0, 0.05) is 37.8 Å². The highest BCUT2D eigenvalue weighted by Crippen LogP contribution is 2.32. The summed E-state index contributed by atoms with van der Waals surface area (Å²) in [6, 6.07) is 2.79. The lowest BCUT2D eigenvalue weighted by Gasteiger charge is -2.20. The molecule has 1 saturated heterocycles. The third-order valence-corrected chi connectivity index (χ3v) is 4.49. The normalized spacial score (nSPS) is 16.8. The van der Waals surface area contributed by atoms with E-state index in [4.69, 9.17) is 0 Å². The maximum Gasteiger partial charge on any atom is 0.416 e. The first kappa shape index (κ1) is 22.7. The van der Waals surface area contributed by atoms with Gasteiger partial charge >= 0.3 is 6.18 Å². The van der Waals surface area contributed by atoms with E-state index in [0.717, 1.165) is 25.1 Å². The summed E-state index contributed by atoms with van der Waals surface area (Å²) in [4.78, 5) is 39.1. The molecule has 2 rings (SSSR count). The predicted octanol–water partition coefficient (Wildman–Crippen LogP) is 1.80. The molecule has 0 radical (unpaired) electrons. The fraction of sp³-hybridized carbons (Fsp3) is 0.526. The molecule has 1 aromatic carbocycles. The number of hydrogen-bond donors (Lipinski definition) is 2. The fourth-order valence-electron chi connectivity index (χ4n) is 3.26. The van der Waals surface area contributed by atoms with Crippen LogP contribution in [-0.2, 0) is 15.8 Å². The Morgan fingerprint density at radius 1 is 1.21 bits per heavy atom. The monoisotopic (exact) mass is 414 g/mol. The summed E-state index contributed by atoms with van der Waals surface area (Å²) in [5.74, 6) is -1.38. The molecule has 1 heterocycles. The highest BCUT2D eigenvalue weighted by Gasteiger charge is 2.33. The van der Waals surface area contributed by atoms with Crippen molar-refractivity contribution in [3.63, 3.8) is 0 Å². The van der Waals surface area contributed by atoms with Gasteiger partial charge < -0.3 is 20.4 Å². The predicted molar refractivity (Wildman–Crippen MR) is 101 cm³/mol. The van der Waals surface area contributed by atoms with E-state index in [1.165, 1.54) is 17.9 Å². The molecule has 29 heavy (non-hydrogen) atoms. The number of nitrogens with zero attached hydrogens (tertiary/aromatic N) is 2. The van der Waals surface area contributed by atoms with Crippen LogP contribution in [0.5, 0.6) is 0 Å². The van der Waals surface area contributed by atoms with E-state index in [2.05, 4.69) is 10.6 Å². The molecule has 0 aliphatic carbocycles. The van der Waals surface area contributed by atoms with Gasteiger partial charge in [-0.05, 0) is 44.6 Å². The molecule has 7 nitrogen and oxygen atoms in total. The Morgan fingerprint density at radius 3 is 2.48 bits per heavy atom. The minimum atomic E-state index is -4.67. The number of halogens is 3. The van der Waals surface area contributed by atoms with Crippen LogP contribution in [0, 0.1) is 5.92 Å². The summed E-state index contributed by atoms with van der Waals surface area (Å²) >= 11 is 0. The van der Waals surface area contributed by atoms with Gasteiger partial charge in [-0.25, -0.2) is 0 Å². The van der Waals surface area contributed by atoms with E-state index >= 15 is 0 Å². The van der Waals surface area contributed by atoms with Crippen molar-refractivity contribution in [2.75, 3.05) is 45.6 Å². The van der Waals surface area contributed by atoms with E-state index in [-0.39, 0.29) is 23.7 Å². The van der Waals surface area contributed by atoms with E-state index in [0.29, 0.717) is 13.1 Å². The topological polar surface area (TPSA) is 81.8 Å². The van der Waals surface area contributed by atoms with Crippen molar-refractivity contribution in [1.82, 2.24) is 15.1 Å². The number of likely N-dealkylation sites (tertiary alicyclic amines) is 1. The zero-order valence-electron chi connectivity index (χ0n) is 16.6. The molecule has 2 N–H and O–H groups in total. The molecule has 1 fully saturated rings. The molecule has 0 aromatic heterocycles. The molecule has 1 unspecified atom stereocenters. The lowest BCUT2D eigenvalue weighted by atomic mass is 10.1. The average molecular weight is 414 g/mol. The quantitative estimate of drug-likeness (QED) is 0.744. The van der Waals surface area contributed by atoms with Gasteiger partial charge in [-0.15, -0.1) is 0 Å². The van der Waals surface area contributed by atoms with Crippen LogP contribution in [0.3, 0.4) is 0 Å². The van der Waals surface area contributed by atoms with E-state index in [9.17, 15) is 27.6 Å². The Labute approximate surface area is 167 Å². The fourth-order valence-corrected chi connectivity index (χ4v) is 3.26. The number of amides is 3. The summed E-state index contributed by atoms with van der Waals surface area (Å²) in [7, 11) is 3.85. The van der Waals surface area contributed by atoms with Gasteiger partial charge in [0.15, 0.2) is 0 Å². The Hall–Kier alpha value is -2.62. The number of hydrogen-bond acceptors (Lipinski definition) is 4. The van der Waals surface area contributed by atoms with E-state index in [1.807, 2.05) is 19.0 Å². The van der Waals surface area contributed by atoms with Gasteiger partial charge in [0.2, 0.25) is 11.8 Å². The number of anilines is 1. The second-order valence-corrected chi connectivity index (χ2v) is 7.42. The molecular weight excluding hydrogens is 389 g/mol. The van der Waals surface area contributed by atoms with Crippen LogP contribution < -0.4 is 10.6 Å². The minimum Gasteiger partial charge on any atom is -0.347 e. The van der Waals surface area contributed by atoms with E-state index in [1.54, 1.807) is 0 Å². The largest absolute Gasteiger partial charge is 0.416 e. The van der Waals surface area contributed by atoms with Crippen LogP contribution in [-0.4, -0.2) is 67.8 Å². The maximum atomic E-state index is 13.3. The van der Waals surface area contributed by atoms with Crippen LogP contribution in [0.4, 0.5) is 18.9 Å². The summed E-state index contributed by atoms with van der Waals surface area (Å²) in [6.07, 6.45) is -3.89. The van der Waals surface area contributed by atoms with Gasteiger partial charge in [-0.3, -0.25) is 14.4 Å². The molecule has 0 bridgehead atoms. The smallest absolute Gasteiger partial charge is 0.347 e. The zero-order valence-corrected chi connectivity index (χ0v) is 16.6. The Kier molecular flexibility index (Phi) is 7.23. The maximum absolute atomic E-state index is 13.3. The van der Waals surface area contributed by atoms with Gasteiger partial charge in [0.25, 0.3) is 5.91 Å².